The van der Waals surface area contributed by atoms with E-state index in [1.54, 1.807) is 7.11 Å². The van der Waals surface area contributed by atoms with Crippen LogP contribution < -0.4 is 4.74 Å². The summed E-state index contributed by atoms with van der Waals surface area (Å²) < 4.78 is 6.22. The number of hydrogen-bond acceptors (Lipinski definition) is 2. The Morgan fingerprint density at radius 2 is 1.87 bits per heavy atom. The Hall–Kier alpha value is -1.81. The Bertz CT molecular complexity index is 667. The summed E-state index contributed by atoms with van der Waals surface area (Å²) in [5, 5.41) is 0. The minimum Gasteiger partial charge on any atom is -0.497 e. The molecular formula is C19H20BrNO2. The first kappa shape index (κ1) is 16.1. The molecule has 2 aromatic carbocycles. The van der Waals surface area contributed by atoms with Crippen LogP contribution in [0.15, 0.2) is 53.0 Å². The van der Waals surface area contributed by atoms with Crippen LogP contribution in [-0.2, 0) is 11.2 Å². The van der Waals surface area contributed by atoms with E-state index in [4.69, 9.17) is 4.74 Å². The largest absolute Gasteiger partial charge is 0.497 e. The molecule has 1 unspecified atom stereocenters. The predicted octanol–water partition coefficient (Wildman–Crippen LogP) is 4.36. The molecule has 1 atom stereocenters. The van der Waals surface area contributed by atoms with Crippen LogP contribution in [0.5, 0.6) is 5.75 Å². The summed E-state index contributed by atoms with van der Waals surface area (Å²) >= 11 is 3.46. The minimum absolute atomic E-state index is 0.195. The number of carbonyl (C=O) groups is 1. The van der Waals surface area contributed by atoms with Gasteiger partial charge in [-0.25, -0.2) is 0 Å². The van der Waals surface area contributed by atoms with Crippen molar-refractivity contribution in [1.82, 2.24) is 4.90 Å². The lowest BCUT2D eigenvalue weighted by Crippen LogP contribution is -2.31. The summed E-state index contributed by atoms with van der Waals surface area (Å²) in [6, 6.07) is 16.2. The highest BCUT2D eigenvalue weighted by Crippen LogP contribution is 2.33. The smallest absolute Gasteiger partial charge is 0.227 e. The van der Waals surface area contributed by atoms with Crippen molar-refractivity contribution in [2.75, 3.05) is 13.7 Å². The van der Waals surface area contributed by atoms with Crippen molar-refractivity contribution in [2.24, 2.45) is 0 Å². The fraction of sp³-hybridized carbons (Fsp3) is 0.316. The Morgan fingerprint density at radius 1 is 1.17 bits per heavy atom. The maximum absolute atomic E-state index is 12.7. The van der Waals surface area contributed by atoms with E-state index in [9.17, 15) is 4.79 Å². The molecule has 4 heteroatoms. The lowest BCUT2D eigenvalue weighted by atomic mass is 10.0. The highest BCUT2D eigenvalue weighted by atomic mass is 79.9. The van der Waals surface area contributed by atoms with Gasteiger partial charge in [-0.1, -0.05) is 40.2 Å². The number of ether oxygens (including phenoxy) is 1. The molecule has 2 aromatic rings. The van der Waals surface area contributed by atoms with Gasteiger partial charge in [0.2, 0.25) is 5.91 Å². The lowest BCUT2D eigenvalue weighted by molar-refractivity contribution is -0.131. The minimum atomic E-state index is 0.195. The highest BCUT2D eigenvalue weighted by Gasteiger charge is 2.29. The van der Waals surface area contributed by atoms with Crippen LogP contribution in [0.4, 0.5) is 0 Å². The second-order valence-corrected chi connectivity index (χ2v) is 6.74. The van der Waals surface area contributed by atoms with Crippen LogP contribution in [0.25, 0.3) is 0 Å². The molecular weight excluding hydrogens is 354 g/mol. The van der Waals surface area contributed by atoms with Gasteiger partial charge in [0.15, 0.2) is 0 Å². The number of benzene rings is 2. The SMILES string of the molecule is COc1ccc(CC(=O)N2CCCC2c2ccc(Br)cc2)cc1. The molecule has 23 heavy (non-hydrogen) atoms. The average molecular weight is 374 g/mol. The Labute approximate surface area is 145 Å². The van der Waals surface area contributed by atoms with Crippen molar-refractivity contribution in [3.8, 4) is 5.75 Å². The Morgan fingerprint density at radius 3 is 2.52 bits per heavy atom. The van der Waals surface area contributed by atoms with Gasteiger partial charge in [0, 0.05) is 11.0 Å². The van der Waals surface area contributed by atoms with Gasteiger partial charge in [0.05, 0.1) is 19.6 Å². The second-order valence-electron chi connectivity index (χ2n) is 5.82. The summed E-state index contributed by atoms with van der Waals surface area (Å²) in [7, 11) is 1.65. The molecule has 1 heterocycles. The van der Waals surface area contributed by atoms with E-state index >= 15 is 0 Å². The van der Waals surface area contributed by atoms with Gasteiger partial charge in [0.1, 0.15) is 5.75 Å². The summed E-state index contributed by atoms with van der Waals surface area (Å²) in [6.45, 7) is 0.843. The number of amides is 1. The monoisotopic (exact) mass is 373 g/mol. The Kier molecular flexibility index (Phi) is 5.01. The van der Waals surface area contributed by atoms with E-state index in [2.05, 4.69) is 28.1 Å². The van der Waals surface area contributed by atoms with Gasteiger partial charge in [-0.2, -0.15) is 0 Å². The van der Waals surface area contributed by atoms with E-state index in [0.29, 0.717) is 6.42 Å². The normalized spacial score (nSPS) is 17.3. The predicted molar refractivity (Wildman–Crippen MR) is 94.5 cm³/mol. The van der Waals surface area contributed by atoms with Crippen molar-refractivity contribution in [3.63, 3.8) is 0 Å². The van der Waals surface area contributed by atoms with Gasteiger partial charge in [-0.15, -0.1) is 0 Å². The first-order valence-electron chi connectivity index (χ1n) is 7.85. The number of hydrogen-bond donors (Lipinski definition) is 0. The van der Waals surface area contributed by atoms with Gasteiger partial charge < -0.3 is 9.64 Å². The first-order valence-corrected chi connectivity index (χ1v) is 8.64. The van der Waals surface area contributed by atoms with Gasteiger partial charge in [-0.3, -0.25) is 4.79 Å². The fourth-order valence-electron chi connectivity index (χ4n) is 3.12. The average Bonchev–Trinajstić information content (AvgIpc) is 3.06. The van der Waals surface area contributed by atoms with E-state index in [1.165, 1.54) is 5.56 Å². The molecule has 0 bridgehead atoms. The van der Waals surface area contributed by atoms with E-state index in [0.717, 1.165) is 35.2 Å². The molecule has 1 amide bonds. The maximum atomic E-state index is 12.7. The van der Waals surface area contributed by atoms with Crippen molar-refractivity contribution in [3.05, 3.63) is 64.1 Å². The number of nitrogens with zero attached hydrogens (tertiary/aromatic N) is 1. The number of halogens is 1. The number of likely N-dealkylation sites (tertiary alicyclic amines) is 1. The van der Waals surface area contributed by atoms with Crippen LogP contribution in [0.1, 0.15) is 30.0 Å². The van der Waals surface area contributed by atoms with Crippen LogP contribution in [0, 0.1) is 0 Å². The van der Waals surface area contributed by atoms with Crippen molar-refractivity contribution < 1.29 is 9.53 Å². The van der Waals surface area contributed by atoms with Crippen molar-refractivity contribution in [1.29, 1.82) is 0 Å². The fourth-order valence-corrected chi connectivity index (χ4v) is 3.38. The van der Waals surface area contributed by atoms with Crippen molar-refractivity contribution >= 4 is 21.8 Å². The number of carbonyl (C=O) groups excluding carboxylic acids is 1. The molecule has 1 aliphatic rings. The molecule has 0 spiro atoms. The third-order valence-corrected chi connectivity index (χ3v) is 4.87. The summed E-state index contributed by atoms with van der Waals surface area (Å²) in [5.41, 5.74) is 2.24. The molecule has 0 saturated carbocycles. The van der Waals surface area contributed by atoms with Crippen LogP contribution in [0.2, 0.25) is 0 Å². The molecule has 1 aliphatic heterocycles. The summed E-state index contributed by atoms with van der Waals surface area (Å²) in [6.07, 6.45) is 2.54. The molecule has 0 radical (unpaired) electrons. The molecule has 1 saturated heterocycles. The summed E-state index contributed by atoms with van der Waals surface area (Å²) in [4.78, 5) is 14.7. The van der Waals surface area contributed by atoms with Crippen molar-refractivity contribution in [2.45, 2.75) is 25.3 Å². The standard InChI is InChI=1S/C19H20BrNO2/c1-23-17-10-4-14(5-11-17)13-19(22)21-12-2-3-18(21)15-6-8-16(20)9-7-15/h4-11,18H,2-3,12-13H2,1H3. The maximum Gasteiger partial charge on any atom is 0.227 e. The number of rotatable bonds is 4. The van der Waals surface area contributed by atoms with Gasteiger partial charge >= 0.3 is 0 Å². The summed E-state index contributed by atoms with van der Waals surface area (Å²) in [5.74, 6) is 1.01. The third kappa shape index (κ3) is 3.75. The molecule has 0 aromatic heterocycles. The van der Waals surface area contributed by atoms with Crippen LogP contribution >= 0.6 is 15.9 Å². The van der Waals surface area contributed by atoms with Crippen LogP contribution in [0.3, 0.4) is 0 Å². The zero-order chi connectivity index (χ0) is 16.2. The third-order valence-electron chi connectivity index (χ3n) is 4.34. The molecule has 3 rings (SSSR count). The molecule has 0 N–H and O–H groups in total. The molecule has 0 aliphatic carbocycles. The Balaban J connectivity index is 1.71. The first-order chi connectivity index (χ1) is 11.2. The quantitative estimate of drug-likeness (QED) is 0.796. The zero-order valence-electron chi connectivity index (χ0n) is 13.2. The topological polar surface area (TPSA) is 29.5 Å². The van der Waals surface area contributed by atoms with E-state index in [-0.39, 0.29) is 11.9 Å². The van der Waals surface area contributed by atoms with Crippen LogP contribution in [-0.4, -0.2) is 24.5 Å². The highest BCUT2D eigenvalue weighted by molar-refractivity contribution is 9.10. The zero-order valence-corrected chi connectivity index (χ0v) is 14.8. The lowest BCUT2D eigenvalue weighted by Gasteiger charge is -2.25. The second kappa shape index (κ2) is 7.18. The van der Waals surface area contributed by atoms with Gasteiger partial charge in [-0.05, 0) is 48.2 Å². The van der Waals surface area contributed by atoms with E-state index < -0.39 is 0 Å². The molecule has 1 fully saturated rings. The number of methoxy groups -OCH3 is 1. The molecule has 3 nitrogen and oxygen atoms in total. The molecule has 120 valence electrons. The van der Waals surface area contributed by atoms with E-state index in [1.807, 2.05) is 41.3 Å². The van der Waals surface area contributed by atoms with Gasteiger partial charge in [0.25, 0.3) is 0 Å².